The number of benzene rings is 1. The van der Waals surface area contributed by atoms with Crippen LogP contribution in [0, 0.1) is 12.8 Å². The Morgan fingerprint density at radius 3 is 2.58 bits per heavy atom. The van der Waals surface area contributed by atoms with Gasteiger partial charge in [0.25, 0.3) is 10.1 Å². The molecule has 0 radical (unpaired) electrons. The van der Waals surface area contributed by atoms with E-state index in [2.05, 4.69) is 0 Å². The molecular formula is C14H18O4S. The van der Waals surface area contributed by atoms with Crippen molar-refractivity contribution in [3.05, 3.63) is 29.8 Å². The molecule has 2 aliphatic heterocycles. The fourth-order valence-electron chi connectivity index (χ4n) is 2.87. The van der Waals surface area contributed by atoms with Gasteiger partial charge in [-0.1, -0.05) is 17.7 Å². The molecular weight excluding hydrogens is 264 g/mol. The van der Waals surface area contributed by atoms with Crippen LogP contribution in [0.4, 0.5) is 0 Å². The maximum atomic E-state index is 12.0. The fraction of sp³-hybridized carbons (Fsp3) is 0.571. The number of hydrogen-bond donors (Lipinski definition) is 0. The van der Waals surface area contributed by atoms with Crippen molar-refractivity contribution in [2.75, 3.05) is 6.61 Å². The first-order valence-corrected chi connectivity index (χ1v) is 8.07. The molecule has 0 aromatic heterocycles. The summed E-state index contributed by atoms with van der Waals surface area (Å²) in [5.41, 5.74) is 1.03. The van der Waals surface area contributed by atoms with Gasteiger partial charge in [-0.25, -0.2) is 0 Å². The average molecular weight is 282 g/mol. The number of rotatable bonds is 4. The van der Waals surface area contributed by atoms with Crippen LogP contribution < -0.4 is 0 Å². The van der Waals surface area contributed by atoms with Crippen LogP contribution in [-0.2, 0) is 19.0 Å². The highest BCUT2D eigenvalue weighted by atomic mass is 32.2. The second-order valence-electron chi connectivity index (χ2n) is 5.42. The molecule has 4 nitrogen and oxygen atoms in total. The van der Waals surface area contributed by atoms with Gasteiger partial charge in [0.1, 0.15) is 0 Å². The second kappa shape index (κ2) is 4.89. The molecule has 1 aromatic carbocycles. The Kier molecular flexibility index (Phi) is 3.37. The molecule has 0 spiro atoms. The van der Waals surface area contributed by atoms with Gasteiger partial charge in [-0.05, 0) is 38.3 Å². The summed E-state index contributed by atoms with van der Waals surface area (Å²) in [6.45, 7) is 2.15. The normalized spacial score (nSPS) is 29.8. The van der Waals surface area contributed by atoms with Gasteiger partial charge in [0.15, 0.2) is 0 Å². The van der Waals surface area contributed by atoms with E-state index in [1.165, 1.54) is 0 Å². The SMILES string of the molecule is Cc1ccc(S(=O)(=O)OC[C@@H]2C[C@@H]3CC[C@H]2O3)cc1. The zero-order chi connectivity index (χ0) is 13.5. The van der Waals surface area contributed by atoms with Gasteiger partial charge in [-0.2, -0.15) is 8.42 Å². The van der Waals surface area contributed by atoms with E-state index in [9.17, 15) is 8.42 Å². The Morgan fingerprint density at radius 2 is 2.00 bits per heavy atom. The smallest absolute Gasteiger partial charge is 0.296 e. The van der Waals surface area contributed by atoms with E-state index in [0.717, 1.165) is 24.8 Å². The molecule has 0 saturated carbocycles. The summed E-state index contributed by atoms with van der Waals surface area (Å²) in [4.78, 5) is 0.224. The monoisotopic (exact) mass is 282 g/mol. The second-order valence-corrected chi connectivity index (χ2v) is 7.04. The molecule has 2 heterocycles. The summed E-state index contributed by atoms with van der Waals surface area (Å²) < 4.78 is 35.0. The van der Waals surface area contributed by atoms with Crippen molar-refractivity contribution in [3.8, 4) is 0 Å². The van der Waals surface area contributed by atoms with Gasteiger partial charge >= 0.3 is 0 Å². The minimum Gasteiger partial charge on any atom is -0.375 e. The van der Waals surface area contributed by atoms with Crippen molar-refractivity contribution in [3.63, 3.8) is 0 Å². The first-order chi connectivity index (χ1) is 9.04. The van der Waals surface area contributed by atoms with Crippen LogP contribution in [0.5, 0.6) is 0 Å². The van der Waals surface area contributed by atoms with Crippen molar-refractivity contribution in [2.24, 2.45) is 5.92 Å². The maximum absolute atomic E-state index is 12.0. The van der Waals surface area contributed by atoms with E-state index < -0.39 is 10.1 Å². The van der Waals surface area contributed by atoms with Crippen LogP contribution in [-0.4, -0.2) is 27.2 Å². The topological polar surface area (TPSA) is 52.6 Å². The Hall–Kier alpha value is -0.910. The first-order valence-electron chi connectivity index (χ1n) is 6.66. The van der Waals surface area contributed by atoms with Gasteiger partial charge in [0, 0.05) is 5.92 Å². The predicted molar refractivity (Wildman–Crippen MR) is 70.3 cm³/mol. The van der Waals surface area contributed by atoms with Crippen molar-refractivity contribution in [1.29, 1.82) is 0 Å². The molecule has 2 aliphatic rings. The summed E-state index contributed by atoms with van der Waals surface area (Å²) in [5.74, 6) is 0.221. The lowest BCUT2D eigenvalue weighted by atomic mass is 9.90. The maximum Gasteiger partial charge on any atom is 0.296 e. The lowest BCUT2D eigenvalue weighted by Crippen LogP contribution is -2.23. The van der Waals surface area contributed by atoms with Crippen LogP contribution in [0.15, 0.2) is 29.2 Å². The quantitative estimate of drug-likeness (QED) is 0.795. The zero-order valence-corrected chi connectivity index (χ0v) is 11.7. The molecule has 1 aromatic rings. The van der Waals surface area contributed by atoms with Crippen molar-refractivity contribution in [1.82, 2.24) is 0 Å². The molecule has 0 N–H and O–H groups in total. The van der Waals surface area contributed by atoms with Crippen LogP contribution in [0.25, 0.3) is 0 Å². The zero-order valence-electron chi connectivity index (χ0n) is 10.9. The molecule has 0 amide bonds. The minimum atomic E-state index is -3.64. The van der Waals surface area contributed by atoms with E-state index in [-0.39, 0.29) is 23.5 Å². The fourth-order valence-corrected chi connectivity index (χ4v) is 3.83. The van der Waals surface area contributed by atoms with Crippen LogP contribution >= 0.6 is 0 Å². The van der Waals surface area contributed by atoms with E-state index >= 15 is 0 Å². The third kappa shape index (κ3) is 2.68. The van der Waals surface area contributed by atoms with Crippen molar-refractivity contribution < 1.29 is 17.3 Å². The van der Waals surface area contributed by atoms with Crippen LogP contribution in [0.2, 0.25) is 0 Å². The number of hydrogen-bond acceptors (Lipinski definition) is 4. The van der Waals surface area contributed by atoms with E-state index in [0.29, 0.717) is 6.10 Å². The Labute approximate surface area is 113 Å². The van der Waals surface area contributed by atoms with E-state index in [1.54, 1.807) is 24.3 Å². The summed E-state index contributed by atoms with van der Waals surface area (Å²) in [6, 6.07) is 6.72. The van der Waals surface area contributed by atoms with Crippen LogP contribution in [0.3, 0.4) is 0 Å². The molecule has 2 fully saturated rings. The molecule has 19 heavy (non-hydrogen) atoms. The van der Waals surface area contributed by atoms with Crippen LogP contribution in [0.1, 0.15) is 24.8 Å². The van der Waals surface area contributed by atoms with E-state index in [4.69, 9.17) is 8.92 Å². The molecule has 3 rings (SSSR count). The Balaban J connectivity index is 1.64. The largest absolute Gasteiger partial charge is 0.375 e. The average Bonchev–Trinajstić information content (AvgIpc) is 2.99. The minimum absolute atomic E-state index is 0.193. The molecule has 104 valence electrons. The third-order valence-electron chi connectivity index (χ3n) is 3.98. The summed E-state index contributed by atoms with van der Waals surface area (Å²) in [6.07, 6.45) is 3.57. The molecule has 2 saturated heterocycles. The van der Waals surface area contributed by atoms with Gasteiger partial charge in [-0.3, -0.25) is 4.18 Å². The van der Waals surface area contributed by atoms with Gasteiger partial charge < -0.3 is 4.74 Å². The van der Waals surface area contributed by atoms with E-state index in [1.807, 2.05) is 6.92 Å². The van der Waals surface area contributed by atoms with Crippen molar-refractivity contribution in [2.45, 2.75) is 43.3 Å². The summed E-state index contributed by atoms with van der Waals surface area (Å²) in [5, 5.41) is 0. The van der Waals surface area contributed by atoms with Gasteiger partial charge in [0.05, 0.1) is 23.7 Å². The summed E-state index contributed by atoms with van der Waals surface area (Å²) >= 11 is 0. The molecule has 0 aliphatic carbocycles. The first kappa shape index (κ1) is 13.1. The molecule has 5 heteroatoms. The lowest BCUT2D eigenvalue weighted by molar-refractivity contribution is 0.0833. The molecule has 2 bridgehead atoms. The third-order valence-corrected chi connectivity index (χ3v) is 5.27. The highest BCUT2D eigenvalue weighted by Gasteiger charge is 2.41. The van der Waals surface area contributed by atoms with Gasteiger partial charge in [0.2, 0.25) is 0 Å². The predicted octanol–water partition coefficient (Wildman–Crippen LogP) is 2.27. The summed E-state index contributed by atoms with van der Waals surface area (Å²) in [7, 11) is -3.64. The Morgan fingerprint density at radius 1 is 1.26 bits per heavy atom. The Bertz CT molecular complexity index is 549. The highest BCUT2D eigenvalue weighted by molar-refractivity contribution is 7.86. The number of fused-ring (bicyclic) bond motifs is 2. The molecule has 0 unspecified atom stereocenters. The van der Waals surface area contributed by atoms with Crippen molar-refractivity contribution >= 4 is 10.1 Å². The highest BCUT2D eigenvalue weighted by Crippen LogP contribution is 2.39. The number of aryl methyl sites for hydroxylation is 1. The number of ether oxygens (including phenoxy) is 1. The standard InChI is InChI=1S/C14H18O4S/c1-10-2-5-13(6-3-10)19(15,16)17-9-11-8-12-4-7-14(11)18-12/h2-3,5-6,11-12,14H,4,7-9H2,1H3/t11-,12-,14+/m0/s1. The lowest BCUT2D eigenvalue weighted by Gasteiger charge is -2.18. The van der Waals surface area contributed by atoms with Gasteiger partial charge in [-0.15, -0.1) is 0 Å². The molecule has 3 atom stereocenters.